The molecule has 0 spiro atoms. The lowest BCUT2D eigenvalue weighted by atomic mass is 10.2. The fourth-order valence-corrected chi connectivity index (χ4v) is 1.46. The van der Waals surface area contributed by atoms with Crippen LogP contribution >= 0.6 is 0 Å². The molecule has 0 fully saturated rings. The second-order valence-electron chi connectivity index (χ2n) is 3.91. The molecule has 1 rings (SSSR count). The summed E-state index contributed by atoms with van der Waals surface area (Å²) in [6, 6.07) is 0.304. The van der Waals surface area contributed by atoms with E-state index >= 15 is 0 Å². The van der Waals surface area contributed by atoms with E-state index < -0.39 is 0 Å². The van der Waals surface area contributed by atoms with Crippen molar-refractivity contribution in [1.82, 2.24) is 9.97 Å². The van der Waals surface area contributed by atoms with E-state index in [9.17, 15) is 0 Å². The summed E-state index contributed by atoms with van der Waals surface area (Å²) < 4.78 is 10.5. The Morgan fingerprint density at radius 2 is 2.18 bits per heavy atom. The Bertz CT molecular complexity index is 345. The minimum atomic E-state index is 0.304. The monoisotopic (exact) mass is 239 g/mol. The third kappa shape index (κ3) is 4.19. The quantitative estimate of drug-likeness (QED) is 0.789. The van der Waals surface area contributed by atoms with Crippen LogP contribution in [0.4, 0.5) is 5.82 Å². The summed E-state index contributed by atoms with van der Waals surface area (Å²) in [4.78, 5) is 8.33. The van der Waals surface area contributed by atoms with Crippen molar-refractivity contribution >= 4 is 5.82 Å². The summed E-state index contributed by atoms with van der Waals surface area (Å²) in [7, 11) is 1.70. The van der Waals surface area contributed by atoms with Gasteiger partial charge in [0.15, 0.2) is 0 Å². The zero-order valence-corrected chi connectivity index (χ0v) is 11.0. The summed E-state index contributed by atoms with van der Waals surface area (Å²) >= 11 is 0. The van der Waals surface area contributed by atoms with E-state index in [4.69, 9.17) is 9.47 Å². The molecule has 5 heteroatoms. The van der Waals surface area contributed by atoms with E-state index in [1.165, 1.54) is 6.33 Å². The molecule has 1 aromatic rings. The van der Waals surface area contributed by atoms with Crippen LogP contribution in [0, 0.1) is 6.92 Å². The maximum atomic E-state index is 5.42. The molecule has 0 amide bonds. The van der Waals surface area contributed by atoms with Gasteiger partial charge in [0.25, 0.3) is 0 Å². The molecule has 0 radical (unpaired) electrons. The van der Waals surface area contributed by atoms with Gasteiger partial charge in [0.2, 0.25) is 5.88 Å². The topological polar surface area (TPSA) is 56.3 Å². The third-order valence-electron chi connectivity index (χ3n) is 2.46. The molecule has 0 saturated carbocycles. The molecule has 0 aliphatic heterocycles. The summed E-state index contributed by atoms with van der Waals surface area (Å²) in [5.74, 6) is 1.47. The maximum Gasteiger partial charge on any atom is 0.221 e. The molecule has 17 heavy (non-hydrogen) atoms. The van der Waals surface area contributed by atoms with Crippen molar-refractivity contribution in [3.63, 3.8) is 0 Å². The Labute approximate surface area is 103 Å². The Hall–Kier alpha value is -1.36. The molecule has 1 unspecified atom stereocenters. The zero-order valence-electron chi connectivity index (χ0n) is 11.0. The molecule has 1 atom stereocenters. The van der Waals surface area contributed by atoms with Gasteiger partial charge in [-0.15, -0.1) is 0 Å². The minimum Gasteiger partial charge on any atom is -0.478 e. The van der Waals surface area contributed by atoms with Crippen molar-refractivity contribution in [1.29, 1.82) is 0 Å². The highest BCUT2D eigenvalue weighted by molar-refractivity contribution is 5.48. The molecule has 96 valence electrons. The first-order chi connectivity index (χ1) is 8.19. The van der Waals surface area contributed by atoms with Crippen LogP contribution in [0.3, 0.4) is 0 Å². The van der Waals surface area contributed by atoms with Crippen LogP contribution in [0.1, 0.15) is 25.8 Å². The van der Waals surface area contributed by atoms with Crippen LogP contribution in [0.2, 0.25) is 0 Å². The molecule has 1 N–H and O–H groups in total. The lowest BCUT2D eigenvalue weighted by Gasteiger charge is -2.16. The molecule has 0 aromatic carbocycles. The number of nitrogens with zero attached hydrogens (tertiary/aromatic N) is 2. The third-order valence-corrected chi connectivity index (χ3v) is 2.46. The Kier molecular flexibility index (Phi) is 5.69. The first-order valence-electron chi connectivity index (χ1n) is 5.88. The lowest BCUT2D eigenvalue weighted by Crippen LogP contribution is -2.19. The largest absolute Gasteiger partial charge is 0.478 e. The van der Waals surface area contributed by atoms with E-state index in [2.05, 4.69) is 22.2 Å². The van der Waals surface area contributed by atoms with Gasteiger partial charge in [-0.3, -0.25) is 0 Å². The summed E-state index contributed by atoms with van der Waals surface area (Å²) in [6.45, 7) is 7.33. The highest BCUT2D eigenvalue weighted by Crippen LogP contribution is 2.21. The number of ether oxygens (including phenoxy) is 2. The molecule has 0 bridgehead atoms. The summed E-state index contributed by atoms with van der Waals surface area (Å²) in [5, 5.41) is 3.33. The highest BCUT2D eigenvalue weighted by atomic mass is 16.5. The number of anilines is 1. The SMILES string of the molecule is CCOc1ncnc(NC(C)CCOC)c1C. The van der Waals surface area contributed by atoms with E-state index in [0.29, 0.717) is 18.5 Å². The molecule has 0 saturated heterocycles. The van der Waals surface area contributed by atoms with Crippen LogP contribution in [-0.4, -0.2) is 36.3 Å². The van der Waals surface area contributed by atoms with Crippen molar-refractivity contribution in [3.05, 3.63) is 11.9 Å². The van der Waals surface area contributed by atoms with Gasteiger partial charge in [-0.05, 0) is 27.2 Å². The Morgan fingerprint density at radius 1 is 1.41 bits per heavy atom. The van der Waals surface area contributed by atoms with Gasteiger partial charge in [-0.1, -0.05) is 0 Å². The van der Waals surface area contributed by atoms with Crippen LogP contribution in [-0.2, 0) is 4.74 Å². The predicted molar refractivity (Wildman–Crippen MR) is 67.5 cm³/mol. The van der Waals surface area contributed by atoms with Gasteiger partial charge in [0.05, 0.1) is 12.2 Å². The summed E-state index contributed by atoms with van der Waals surface area (Å²) in [6.07, 6.45) is 2.45. The van der Waals surface area contributed by atoms with Gasteiger partial charge < -0.3 is 14.8 Å². The Morgan fingerprint density at radius 3 is 2.82 bits per heavy atom. The predicted octanol–water partition coefficient (Wildman–Crippen LogP) is 2.02. The smallest absolute Gasteiger partial charge is 0.221 e. The van der Waals surface area contributed by atoms with Crippen molar-refractivity contribution in [2.45, 2.75) is 33.2 Å². The fraction of sp³-hybridized carbons (Fsp3) is 0.667. The van der Waals surface area contributed by atoms with E-state index in [1.54, 1.807) is 7.11 Å². The average Bonchev–Trinajstić information content (AvgIpc) is 2.32. The number of hydrogen-bond acceptors (Lipinski definition) is 5. The first kappa shape index (κ1) is 13.7. The first-order valence-corrected chi connectivity index (χ1v) is 5.88. The van der Waals surface area contributed by atoms with E-state index in [-0.39, 0.29) is 0 Å². The van der Waals surface area contributed by atoms with Crippen molar-refractivity contribution < 1.29 is 9.47 Å². The summed E-state index contributed by atoms with van der Waals surface area (Å²) in [5.41, 5.74) is 0.943. The Balaban J connectivity index is 2.67. The number of hydrogen-bond donors (Lipinski definition) is 1. The number of aromatic nitrogens is 2. The molecular weight excluding hydrogens is 218 g/mol. The number of rotatable bonds is 7. The van der Waals surface area contributed by atoms with Crippen LogP contribution < -0.4 is 10.1 Å². The lowest BCUT2D eigenvalue weighted by molar-refractivity contribution is 0.191. The van der Waals surface area contributed by atoms with Gasteiger partial charge in [-0.2, -0.15) is 0 Å². The highest BCUT2D eigenvalue weighted by Gasteiger charge is 2.10. The normalized spacial score (nSPS) is 12.2. The van der Waals surface area contributed by atoms with Crippen LogP contribution in [0.15, 0.2) is 6.33 Å². The van der Waals surface area contributed by atoms with Gasteiger partial charge in [0.1, 0.15) is 12.1 Å². The van der Waals surface area contributed by atoms with Crippen molar-refractivity contribution in [3.8, 4) is 5.88 Å². The van der Waals surface area contributed by atoms with E-state index in [0.717, 1.165) is 24.4 Å². The number of methoxy groups -OCH3 is 1. The molecule has 1 aromatic heterocycles. The standard InChI is InChI=1S/C12H21N3O2/c1-5-17-12-10(3)11(13-8-14-12)15-9(2)6-7-16-4/h8-9H,5-7H2,1-4H3,(H,13,14,15). The fourth-order valence-electron chi connectivity index (χ4n) is 1.46. The number of nitrogens with one attached hydrogen (secondary N) is 1. The second-order valence-corrected chi connectivity index (χ2v) is 3.91. The average molecular weight is 239 g/mol. The van der Waals surface area contributed by atoms with Gasteiger partial charge in [0, 0.05) is 19.8 Å². The molecule has 0 aliphatic carbocycles. The van der Waals surface area contributed by atoms with Crippen molar-refractivity contribution in [2.75, 3.05) is 25.6 Å². The molecular formula is C12H21N3O2. The maximum absolute atomic E-state index is 5.42. The van der Waals surface area contributed by atoms with Crippen molar-refractivity contribution in [2.24, 2.45) is 0 Å². The van der Waals surface area contributed by atoms with Gasteiger partial charge in [-0.25, -0.2) is 9.97 Å². The molecule has 1 heterocycles. The van der Waals surface area contributed by atoms with Gasteiger partial charge >= 0.3 is 0 Å². The molecule has 5 nitrogen and oxygen atoms in total. The second kappa shape index (κ2) is 7.06. The van der Waals surface area contributed by atoms with E-state index in [1.807, 2.05) is 13.8 Å². The molecule has 0 aliphatic rings. The minimum absolute atomic E-state index is 0.304. The van der Waals surface area contributed by atoms with Crippen LogP contribution in [0.5, 0.6) is 5.88 Å². The van der Waals surface area contributed by atoms with Crippen LogP contribution in [0.25, 0.3) is 0 Å². The zero-order chi connectivity index (χ0) is 12.7.